The predicted octanol–water partition coefficient (Wildman–Crippen LogP) is 3.20. The Morgan fingerprint density at radius 3 is 2.73 bits per heavy atom. The van der Waals surface area contributed by atoms with Crippen molar-refractivity contribution in [3.63, 3.8) is 0 Å². The van der Waals surface area contributed by atoms with E-state index in [1.165, 1.54) is 53.8 Å². The number of nitrogens with zero attached hydrogens (tertiary/aromatic N) is 3. The third kappa shape index (κ3) is 1.39. The van der Waals surface area contributed by atoms with Crippen LogP contribution in [0.25, 0.3) is 10.9 Å². The molecule has 6 rings (SSSR count). The van der Waals surface area contributed by atoms with Crippen molar-refractivity contribution < 1.29 is 4.79 Å². The van der Waals surface area contributed by atoms with Gasteiger partial charge < -0.3 is 9.47 Å². The van der Waals surface area contributed by atoms with E-state index < -0.39 is 0 Å². The van der Waals surface area contributed by atoms with Crippen LogP contribution in [0.5, 0.6) is 0 Å². The molecule has 4 heterocycles. The van der Waals surface area contributed by atoms with E-state index in [2.05, 4.69) is 39.7 Å². The summed E-state index contributed by atoms with van der Waals surface area (Å²) < 4.78 is 2.35. The number of fused-ring (bicyclic) bond motifs is 3. The second-order valence-corrected chi connectivity index (χ2v) is 6.99. The summed E-state index contributed by atoms with van der Waals surface area (Å²) in [6.45, 7) is 2.35. The molecule has 4 nitrogen and oxygen atoms in total. The zero-order valence-corrected chi connectivity index (χ0v) is 12.8. The predicted molar refractivity (Wildman–Crippen MR) is 86.1 cm³/mol. The van der Waals surface area contributed by atoms with Crippen molar-refractivity contribution in [1.29, 1.82) is 0 Å². The average Bonchev–Trinajstić information content (AvgIpc) is 3.28. The van der Waals surface area contributed by atoms with Crippen molar-refractivity contribution in [3.05, 3.63) is 29.3 Å². The second kappa shape index (κ2) is 4.02. The Balaban J connectivity index is 1.86. The first-order valence-electron chi connectivity index (χ1n) is 8.21. The van der Waals surface area contributed by atoms with Gasteiger partial charge in [0.05, 0.1) is 5.52 Å². The molecule has 2 bridgehead atoms. The lowest BCUT2D eigenvalue weighted by Gasteiger charge is -2.41. The van der Waals surface area contributed by atoms with Crippen LogP contribution in [0.3, 0.4) is 0 Å². The largest absolute Gasteiger partial charge is 0.358 e. The zero-order chi connectivity index (χ0) is 14.9. The highest BCUT2D eigenvalue weighted by atomic mass is 16.1. The molecule has 0 radical (unpaired) electrons. The number of piperidine rings is 1. The third-order valence-corrected chi connectivity index (χ3v) is 5.91. The number of hydrogen-bond donors (Lipinski definition) is 0. The van der Waals surface area contributed by atoms with Gasteiger partial charge in [-0.3, -0.25) is 0 Å². The molecule has 2 aromatic rings. The van der Waals surface area contributed by atoms with Crippen LogP contribution < -0.4 is 4.90 Å². The molecule has 0 N–H and O–H groups in total. The quantitative estimate of drug-likeness (QED) is 0.630. The molecule has 22 heavy (non-hydrogen) atoms. The van der Waals surface area contributed by atoms with Gasteiger partial charge in [-0.25, -0.2) is 4.79 Å². The summed E-state index contributed by atoms with van der Waals surface area (Å²) in [7, 11) is 2.17. The highest BCUT2D eigenvalue weighted by Gasteiger charge is 2.47. The summed E-state index contributed by atoms with van der Waals surface area (Å²) in [5.41, 5.74) is 3.72. The van der Waals surface area contributed by atoms with Gasteiger partial charge >= 0.3 is 0 Å². The second-order valence-electron chi connectivity index (χ2n) is 6.99. The van der Waals surface area contributed by atoms with Crippen LogP contribution in [0.4, 0.5) is 5.82 Å². The van der Waals surface area contributed by atoms with Crippen molar-refractivity contribution >= 4 is 22.8 Å². The van der Waals surface area contributed by atoms with Gasteiger partial charge in [-0.15, -0.1) is 0 Å². The topological polar surface area (TPSA) is 37.6 Å². The molecule has 0 atom stereocenters. The lowest BCUT2D eigenvalue weighted by atomic mass is 9.84. The van der Waals surface area contributed by atoms with Gasteiger partial charge in [-0.05, 0) is 31.6 Å². The maximum Gasteiger partial charge on any atom is 0.235 e. The van der Waals surface area contributed by atoms with Crippen molar-refractivity contribution in [2.24, 2.45) is 12.0 Å². The summed E-state index contributed by atoms with van der Waals surface area (Å²) in [4.78, 5) is 17.5. The molecule has 1 aromatic carbocycles. The minimum absolute atomic E-state index is 0.301. The van der Waals surface area contributed by atoms with Crippen LogP contribution in [0, 0.1) is 0 Å². The molecule has 4 heteroatoms. The standard InChI is InChI=1S/C18H19N3O/c1-20-16-13(15-12-5-9-21(10-6-12)17(15)20)3-2-4-14(16)18(7-8-18)19-11-22/h2-4,12H,5-10H2,1H3. The molecule has 112 valence electrons. The van der Waals surface area contributed by atoms with Crippen molar-refractivity contribution in [2.45, 2.75) is 37.1 Å². The maximum atomic E-state index is 10.9. The molecule has 0 amide bonds. The normalized spacial score (nSPS) is 21.8. The maximum absolute atomic E-state index is 10.9. The third-order valence-electron chi connectivity index (χ3n) is 5.91. The fourth-order valence-corrected chi connectivity index (χ4v) is 4.72. The molecule has 1 aromatic heterocycles. The Labute approximate surface area is 129 Å². The van der Waals surface area contributed by atoms with E-state index in [-0.39, 0.29) is 5.54 Å². The van der Waals surface area contributed by atoms with Gasteiger partial charge in [0.15, 0.2) is 0 Å². The lowest BCUT2D eigenvalue weighted by Crippen LogP contribution is -2.39. The van der Waals surface area contributed by atoms with E-state index in [0.717, 1.165) is 12.8 Å². The Hall–Kier alpha value is -2.06. The summed E-state index contributed by atoms with van der Waals surface area (Å²) in [6, 6.07) is 6.54. The molecule has 4 aliphatic rings. The Morgan fingerprint density at radius 2 is 2.05 bits per heavy atom. The summed E-state index contributed by atoms with van der Waals surface area (Å²) >= 11 is 0. The molecule has 2 fully saturated rings. The Morgan fingerprint density at radius 1 is 1.27 bits per heavy atom. The highest BCUT2D eigenvalue weighted by molar-refractivity contribution is 5.94. The Kier molecular flexibility index (Phi) is 2.28. The summed E-state index contributed by atoms with van der Waals surface area (Å²) in [5.74, 6) is 2.10. The minimum atomic E-state index is -0.301. The molecule has 1 aliphatic carbocycles. The van der Waals surface area contributed by atoms with Crippen LogP contribution in [0.15, 0.2) is 23.2 Å². The SMILES string of the molecule is Cn1c2c(c3cccc(C4(N=C=O)CC4)c31)C1CCN2CC1. The minimum Gasteiger partial charge on any atom is -0.358 e. The van der Waals surface area contributed by atoms with Crippen LogP contribution in [-0.4, -0.2) is 23.7 Å². The number of aryl methyl sites for hydroxylation is 1. The summed E-state index contributed by atoms with van der Waals surface area (Å²) in [6.07, 6.45) is 6.27. The Bertz CT molecular complexity index is 832. The van der Waals surface area contributed by atoms with Crippen LogP contribution in [0.2, 0.25) is 0 Å². The number of aromatic nitrogens is 1. The van der Waals surface area contributed by atoms with Gasteiger partial charge in [-0.2, -0.15) is 4.99 Å². The molecule has 3 aliphatic heterocycles. The molecular formula is C18H19N3O. The van der Waals surface area contributed by atoms with Crippen LogP contribution in [-0.2, 0) is 17.4 Å². The van der Waals surface area contributed by atoms with Gasteiger partial charge in [0, 0.05) is 36.7 Å². The smallest absolute Gasteiger partial charge is 0.235 e. The van der Waals surface area contributed by atoms with E-state index in [9.17, 15) is 4.79 Å². The number of aliphatic imine (C=N–C) groups is 1. The zero-order valence-electron chi connectivity index (χ0n) is 12.8. The van der Waals surface area contributed by atoms with E-state index in [0.29, 0.717) is 5.92 Å². The summed E-state index contributed by atoms with van der Waals surface area (Å²) in [5, 5.41) is 1.37. The van der Waals surface area contributed by atoms with Crippen molar-refractivity contribution in [3.8, 4) is 0 Å². The van der Waals surface area contributed by atoms with Crippen molar-refractivity contribution in [1.82, 2.24) is 4.57 Å². The molecule has 0 unspecified atom stereocenters. The number of para-hydroxylation sites is 1. The van der Waals surface area contributed by atoms with Gasteiger partial charge in [0.2, 0.25) is 6.08 Å². The van der Waals surface area contributed by atoms with Crippen molar-refractivity contribution in [2.75, 3.05) is 18.0 Å². The first-order valence-corrected chi connectivity index (χ1v) is 8.21. The average molecular weight is 293 g/mol. The molecule has 1 saturated heterocycles. The van der Waals surface area contributed by atoms with E-state index in [4.69, 9.17) is 0 Å². The number of carbonyl (C=O) groups excluding carboxylic acids is 1. The first kappa shape index (κ1) is 12.5. The van der Waals surface area contributed by atoms with E-state index >= 15 is 0 Å². The number of hydrogen-bond acceptors (Lipinski definition) is 3. The van der Waals surface area contributed by atoms with E-state index in [1.54, 1.807) is 6.08 Å². The number of anilines is 1. The fraction of sp³-hybridized carbons (Fsp3) is 0.500. The highest BCUT2D eigenvalue weighted by Crippen LogP contribution is 2.54. The lowest BCUT2D eigenvalue weighted by molar-refractivity contribution is 0.469. The molecule has 1 saturated carbocycles. The fourth-order valence-electron chi connectivity index (χ4n) is 4.72. The van der Waals surface area contributed by atoms with Gasteiger partial charge in [0.1, 0.15) is 11.4 Å². The number of benzene rings is 1. The number of rotatable bonds is 2. The van der Waals surface area contributed by atoms with E-state index in [1.807, 2.05) is 0 Å². The van der Waals surface area contributed by atoms with Crippen LogP contribution in [0.1, 0.15) is 42.7 Å². The van der Waals surface area contributed by atoms with Gasteiger partial charge in [-0.1, -0.05) is 18.2 Å². The first-order chi connectivity index (χ1) is 10.7. The molecule has 0 spiro atoms. The number of isocyanates is 1. The van der Waals surface area contributed by atoms with Crippen LogP contribution >= 0.6 is 0 Å². The monoisotopic (exact) mass is 293 g/mol. The van der Waals surface area contributed by atoms with Gasteiger partial charge in [0.25, 0.3) is 0 Å². The molecular weight excluding hydrogens is 274 g/mol.